The van der Waals surface area contributed by atoms with Gasteiger partial charge in [0.1, 0.15) is 18.4 Å². The van der Waals surface area contributed by atoms with Crippen molar-refractivity contribution in [1.82, 2.24) is 10.2 Å². The van der Waals surface area contributed by atoms with Crippen molar-refractivity contribution in [3.8, 4) is 11.5 Å². The summed E-state index contributed by atoms with van der Waals surface area (Å²) in [5.74, 6) is -0.801. The summed E-state index contributed by atoms with van der Waals surface area (Å²) < 4.78 is 54.5. The fourth-order valence-corrected chi connectivity index (χ4v) is 7.48. The number of benzene rings is 4. The van der Waals surface area contributed by atoms with E-state index < -0.39 is 34.3 Å². The standard InChI is InChI=1S/C38H42FN3O6S/c1-27-13-19-32(20-14-27)42(49(45,46)33-21-22-35(47-2)36(24-33)48-3)26-37(43)41(25-29-15-17-30(39)18-16-29)34(23-28-9-5-4-6-10-28)38(44)40-31-11-7-8-12-31/h4-6,9-10,13-22,24,31,34H,7-8,11-12,23,25-26H2,1-3H3,(H,40,44). The third kappa shape index (κ3) is 8.77. The maximum atomic E-state index is 14.7. The van der Waals surface area contributed by atoms with Gasteiger partial charge in [-0.25, -0.2) is 12.8 Å². The maximum Gasteiger partial charge on any atom is 0.264 e. The van der Waals surface area contributed by atoms with Crippen LogP contribution in [0, 0.1) is 12.7 Å². The van der Waals surface area contributed by atoms with Crippen LogP contribution in [0.5, 0.6) is 11.5 Å². The molecule has 4 aromatic carbocycles. The lowest BCUT2D eigenvalue weighted by Gasteiger charge is -2.34. The van der Waals surface area contributed by atoms with Crippen molar-refractivity contribution >= 4 is 27.5 Å². The molecule has 1 aliphatic carbocycles. The van der Waals surface area contributed by atoms with Gasteiger partial charge in [0.15, 0.2) is 11.5 Å². The van der Waals surface area contributed by atoms with E-state index in [1.54, 1.807) is 36.4 Å². The van der Waals surface area contributed by atoms with Crippen molar-refractivity contribution in [1.29, 1.82) is 0 Å². The summed E-state index contributed by atoms with van der Waals surface area (Å²) in [5, 5.41) is 3.15. The molecular weight excluding hydrogens is 645 g/mol. The van der Waals surface area contributed by atoms with Crippen molar-refractivity contribution < 1.29 is 31.9 Å². The molecule has 0 aliphatic heterocycles. The maximum absolute atomic E-state index is 14.7. The first kappa shape index (κ1) is 35.4. The van der Waals surface area contributed by atoms with Gasteiger partial charge in [0.25, 0.3) is 10.0 Å². The van der Waals surface area contributed by atoms with E-state index >= 15 is 0 Å². The lowest BCUT2D eigenvalue weighted by molar-refractivity contribution is -0.140. The minimum absolute atomic E-state index is 0.0111. The average Bonchev–Trinajstić information content (AvgIpc) is 3.63. The van der Waals surface area contributed by atoms with E-state index in [0.717, 1.165) is 41.1 Å². The molecule has 258 valence electrons. The molecule has 1 saturated carbocycles. The Morgan fingerprint density at radius 1 is 0.857 bits per heavy atom. The van der Waals surface area contributed by atoms with Crippen molar-refractivity contribution in [2.24, 2.45) is 0 Å². The Morgan fingerprint density at radius 3 is 2.14 bits per heavy atom. The molecule has 9 nitrogen and oxygen atoms in total. The number of carbonyl (C=O) groups excluding carboxylic acids is 2. The predicted molar refractivity (Wildman–Crippen MR) is 187 cm³/mol. The first-order valence-electron chi connectivity index (χ1n) is 16.3. The minimum Gasteiger partial charge on any atom is -0.493 e. The SMILES string of the molecule is COc1ccc(S(=O)(=O)N(CC(=O)N(Cc2ccc(F)cc2)C(Cc2ccccc2)C(=O)NC2CCCC2)c2ccc(C)cc2)cc1OC. The van der Waals surface area contributed by atoms with Gasteiger partial charge in [-0.05, 0) is 67.3 Å². The van der Waals surface area contributed by atoms with Crippen LogP contribution in [-0.2, 0) is 32.6 Å². The number of hydrogen-bond donors (Lipinski definition) is 1. The molecule has 0 spiro atoms. The molecule has 5 rings (SSSR count). The summed E-state index contributed by atoms with van der Waals surface area (Å²) in [6.45, 7) is 1.22. The number of aryl methyl sites for hydroxylation is 1. The molecule has 0 heterocycles. The van der Waals surface area contributed by atoms with Crippen molar-refractivity contribution in [2.45, 2.75) is 62.6 Å². The summed E-state index contributed by atoms with van der Waals surface area (Å²) in [7, 11) is -1.49. The molecule has 0 bridgehead atoms. The van der Waals surface area contributed by atoms with E-state index in [9.17, 15) is 22.4 Å². The average molecular weight is 688 g/mol. The lowest BCUT2D eigenvalue weighted by atomic mass is 10.0. The zero-order chi connectivity index (χ0) is 35.0. The second-order valence-corrected chi connectivity index (χ2v) is 14.1. The largest absolute Gasteiger partial charge is 0.493 e. The molecule has 1 aliphatic rings. The number of nitrogens with one attached hydrogen (secondary N) is 1. The third-order valence-corrected chi connectivity index (χ3v) is 10.6. The number of rotatable bonds is 14. The molecule has 0 radical (unpaired) electrons. The van der Waals surface area contributed by atoms with Crippen LogP contribution in [-0.4, -0.2) is 58.0 Å². The van der Waals surface area contributed by atoms with E-state index in [1.165, 1.54) is 49.5 Å². The normalized spacial score (nSPS) is 13.8. The van der Waals surface area contributed by atoms with Gasteiger partial charge in [0.2, 0.25) is 11.8 Å². The lowest BCUT2D eigenvalue weighted by Crippen LogP contribution is -2.54. The summed E-state index contributed by atoms with van der Waals surface area (Å²) in [6.07, 6.45) is 3.90. The Balaban J connectivity index is 1.57. The second-order valence-electron chi connectivity index (χ2n) is 12.2. The Hall–Kier alpha value is -4.90. The first-order chi connectivity index (χ1) is 23.6. The highest BCUT2D eigenvalue weighted by molar-refractivity contribution is 7.92. The highest BCUT2D eigenvalue weighted by Gasteiger charge is 2.36. The molecule has 1 atom stereocenters. The molecular formula is C38H42FN3O6S. The number of ether oxygens (including phenoxy) is 2. The van der Waals surface area contributed by atoms with Crippen LogP contribution in [0.4, 0.5) is 10.1 Å². The Morgan fingerprint density at radius 2 is 1.51 bits per heavy atom. The second kappa shape index (κ2) is 16.0. The summed E-state index contributed by atoms with van der Waals surface area (Å²) in [6, 6.07) is 25.1. The fraction of sp³-hybridized carbons (Fsp3) is 0.316. The molecule has 49 heavy (non-hydrogen) atoms. The van der Waals surface area contributed by atoms with Crippen LogP contribution < -0.4 is 19.1 Å². The number of carbonyl (C=O) groups is 2. The minimum atomic E-state index is -4.35. The zero-order valence-electron chi connectivity index (χ0n) is 28.0. The molecule has 1 N–H and O–H groups in total. The van der Waals surface area contributed by atoms with Gasteiger partial charge in [-0.1, -0.05) is 73.0 Å². The van der Waals surface area contributed by atoms with E-state index in [4.69, 9.17) is 9.47 Å². The number of anilines is 1. The van der Waals surface area contributed by atoms with Gasteiger partial charge < -0.3 is 19.7 Å². The molecule has 4 aromatic rings. The molecule has 0 saturated heterocycles. The third-order valence-electron chi connectivity index (χ3n) is 8.78. The Kier molecular flexibility index (Phi) is 11.6. The highest BCUT2D eigenvalue weighted by Crippen LogP contribution is 2.32. The zero-order valence-corrected chi connectivity index (χ0v) is 28.8. The van der Waals surface area contributed by atoms with E-state index in [1.807, 2.05) is 37.3 Å². The van der Waals surface area contributed by atoms with Crippen molar-refractivity contribution in [2.75, 3.05) is 25.1 Å². The number of methoxy groups -OCH3 is 2. The number of amides is 2. The van der Waals surface area contributed by atoms with Gasteiger partial charge in [-0.15, -0.1) is 0 Å². The fourth-order valence-electron chi connectivity index (χ4n) is 6.05. The number of sulfonamides is 1. The van der Waals surface area contributed by atoms with E-state index in [0.29, 0.717) is 11.3 Å². The monoisotopic (exact) mass is 687 g/mol. The quantitative estimate of drug-likeness (QED) is 0.173. The Labute approximate surface area is 287 Å². The summed E-state index contributed by atoms with van der Waals surface area (Å²) >= 11 is 0. The molecule has 1 fully saturated rings. The molecule has 11 heteroatoms. The highest BCUT2D eigenvalue weighted by atomic mass is 32.2. The molecule has 1 unspecified atom stereocenters. The number of halogens is 1. The van der Waals surface area contributed by atoms with Crippen LogP contribution in [0.15, 0.2) is 102 Å². The summed E-state index contributed by atoms with van der Waals surface area (Å²) in [5.41, 5.74) is 2.60. The predicted octanol–water partition coefficient (Wildman–Crippen LogP) is 6.05. The van der Waals surface area contributed by atoms with Crippen LogP contribution in [0.2, 0.25) is 0 Å². The van der Waals surface area contributed by atoms with Crippen molar-refractivity contribution in [3.05, 3.63) is 120 Å². The Bertz CT molecular complexity index is 1830. The number of hydrogen-bond acceptors (Lipinski definition) is 6. The van der Waals surface area contributed by atoms with Crippen LogP contribution in [0.25, 0.3) is 0 Å². The van der Waals surface area contributed by atoms with Gasteiger partial charge >= 0.3 is 0 Å². The van der Waals surface area contributed by atoms with Crippen LogP contribution in [0.1, 0.15) is 42.4 Å². The molecule has 2 amide bonds. The van der Waals surface area contributed by atoms with Crippen LogP contribution in [0.3, 0.4) is 0 Å². The van der Waals surface area contributed by atoms with E-state index in [2.05, 4.69) is 5.32 Å². The topological polar surface area (TPSA) is 105 Å². The van der Waals surface area contributed by atoms with Gasteiger partial charge in [-0.3, -0.25) is 13.9 Å². The first-order valence-corrected chi connectivity index (χ1v) is 17.7. The number of nitrogens with zero attached hydrogens (tertiary/aromatic N) is 2. The smallest absolute Gasteiger partial charge is 0.264 e. The van der Waals surface area contributed by atoms with Gasteiger partial charge in [0.05, 0.1) is 24.8 Å². The molecule has 0 aromatic heterocycles. The summed E-state index contributed by atoms with van der Waals surface area (Å²) in [4.78, 5) is 30.1. The van der Waals surface area contributed by atoms with E-state index in [-0.39, 0.29) is 41.2 Å². The van der Waals surface area contributed by atoms with Gasteiger partial charge in [-0.2, -0.15) is 0 Å². The van der Waals surface area contributed by atoms with Gasteiger partial charge in [0, 0.05) is 25.1 Å². The van der Waals surface area contributed by atoms with Crippen LogP contribution >= 0.6 is 0 Å². The van der Waals surface area contributed by atoms with Crippen molar-refractivity contribution in [3.63, 3.8) is 0 Å².